The van der Waals surface area contributed by atoms with E-state index in [1.807, 2.05) is 27.7 Å². The fourth-order valence-corrected chi connectivity index (χ4v) is 5.65. The number of rotatable bonds is 12. The van der Waals surface area contributed by atoms with Crippen LogP contribution in [-0.2, 0) is 26.2 Å². The summed E-state index contributed by atoms with van der Waals surface area (Å²) in [4.78, 5) is 28.3. The molecule has 214 valence electrons. The zero-order valence-electron chi connectivity index (χ0n) is 23.4. The van der Waals surface area contributed by atoms with E-state index in [1.54, 1.807) is 67.6 Å². The van der Waals surface area contributed by atoms with Gasteiger partial charge in [0.2, 0.25) is 11.8 Å². The molecule has 8 nitrogen and oxygen atoms in total. The number of amides is 2. The standard InChI is InChI=1S/C30H36ClN3O5S/c1-6-39-26-15-17-27(18-16-26)40(37,38)34(25-13-11-22(4)12-14-25)20-29(35)33(23(5)30(36)32-21(2)3)19-24-9-7-8-10-28(24)31/h7-18,21,23H,6,19-20H2,1-5H3,(H,32,36). The summed E-state index contributed by atoms with van der Waals surface area (Å²) in [5, 5.41) is 3.27. The van der Waals surface area contributed by atoms with Gasteiger partial charge in [0.25, 0.3) is 10.0 Å². The van der Waals surface area contributed by atoms with E-state index in [4.69, 9.17) is 16.3 Å². The molecule has 0 saturated heterocycles. The number of carbonyl (C=O) groups is 2. The number of benzene rings is 3. The van der Waals surface area contributed by atoms with Crippen LogP contribution in [-0.4, -0.2) is 50.4 Å². The SMILES string of the molecule is CCOc1ccc(S(=O)(=O)N(CC(=O)N(Cc2ccccc2Cl)C(C)C(=O)NC(C)C)c2ccc(C)cc2)cc1. The van der Waals surface area contributed by atoms with E-state index in [9.17, 15) is 18.0 Å². The third kappa shape index (κ3) is 7.76. The molecule has 0 aliphatic rings. The lowest BCUT2D eigenvalue weighted by Crippen LogP contribution is -2.52. The van der Waals surface area contributed by atoms with Crippen molar-refractivity contribution in [3.05, 3.63) is 88.9 Å². The van der Waals surface area contributed by atoms with E-state index in [0.29, 0.717) is 28.6 Å². The quantitative estimate of drug-likeness (QED) is 0.316. The Morgan fingerprint density at radius 2 is 1.57 bits per heavy atom. The summed E-state index contributed by atoms with van der Waals surface area (Å²) in [5.41, 5.74) is 1.90. The second-order valence-corrected chi connectivity index (χ2v) is 12.0. The first-order valence-electron chi connectivity index (χ1n) is 13.1. The number of anilines is 1. The third-order valence-corrected chi connectivity index (χ3v) is 8.38. The van der Waals surface area contributed by atoms with E-state index >= 15 is 0 Å². The molecular formula is C30H36ClN3O5S. The molecule has 0 spiro atoms. The van der Waals surface area contributed by atoms with E-state index < -0.39 is 28.5 Å². The molecule has 1 unspecified atom stereocenters. The number of nitrogens with zero attached hydrogens (tertiary/aromatic N) is 2. The summed E-state index contributed by atoms with van der Waals surface area (Å²) in [6.07, 6.45) is 0. The highest BCUT2D eigenvalue weighted by atomic mass is 35.5. The van der Waals surface area contributed by atoms with Crippen molar-refractivity contribution in [1.82, 2.24) is 10.2 Å². The summed E-state index contributed by atoms with van der Waals surface area (Å²) >= 11 is 6.39. The monoisotopic (exact) mass is 585 g/mol. The maximum atomic E-state index is 13.9. The maximum absolute atomic E-state index is 13.9. The lowest BCUT2D eigenvalue weighted by atomic mass is 10.1. The molecule has 1 atom stereocenters. The fraction of sp³-hybridized carbons (Fsp3) is 0.333. The van der Waals surface area contributed by atoms with Crippen molar-refractivity contribution in [2.75, 3.05) is 17.5 Å². The van der Waals surface area contributed by atoms with Crippen LogP contribution in [0.1, 0.15) is 38.8 Å². The predicted molar refractivity (Wildman–Crippen MR) is 158 cm³/mol. The van der Waals surface area contributed by atoms with Crippen LogP contribution in [0.2, 0.25) is 5.02 Å². The average Bonchev–Trinajstić information content (AvgIpc) is 2.91. The molecule has 0 bridgehead atoms. The van der Waals surface area contributed by atoms with Crippen molar-refractivity contribution < 1.29 is 22.7 Å². The van der Waals surface area contributed by atoms with Crippen LogP contribution in [0.4, 0.5) is 5.69 Å². The largest absolute Gasteiger partial charge is 0.494 e. The molecular weight excluding hydrogens is 550 g/mol. The number of nitrogens with one attached hydrogen (secondary N) is 1. The van der Waals surface area contributed by atoms with Crippen LogP contribution in [0.5, 0.6) is 5.75 Å². The molecule has 3 aromatic carbocycles. The van der Waals surface area contributed by atoms with Crippen molar-refractivity contribution in [1.29, 1.82) is 0 Å². The van der Waals surface area contributed by atoms with Crippen molar-refractivity contribution in [2.45, 2.75) is 58.1 Å². The molecule has 40 heavy (non-hydrogen) atoms. The van der Waals surface area contributed by atoms with Crippen LogP contribution in [0, 0.1) is 6.92 Å². The highest BCUT2D eigenvalue weighted by Gasteiger charge is 2.33. The summed E-state index contributed by atoms with van der Waals surface area (Å²) in [7, 11) is -4.17. The normalized spacial score (nSPS) is 12.1. The Hall–Kier alpha value is -3.56. The maximum Gasteiger partial charge on any atom is 0.264 e. The Morgan fingerprint density at radius 1 is 0.950 bits per heavy atom. The van der Waals surface area contributed by atoms with Gasteiger partial charge < -0.3 is 15.0 Å². The van der Waals surface area contributed by atoms with Gasteiger partial charge in [0.15, 0.2) is 0 Å². The zero-order chi connectivity index (χ0) is 29.4. The minimum absolute atomic E-state index is 0.00702. The minimum Gasteiger partial charge on any atom is -0.494 e. The molecule has 3 rings (SSSR count). The molecule has 0 aliphatic carbocycles. The molecule has 0 aliphatic heterocycles. The number of ether oxygens (including phenoxy) is 1. The van der Waals surface area contributed by atoms with Crippen LogP contribution in [0.3, 0.4) is 0 Å². The van der Waals surface area contributed by atoms with E-state index in [2.05, 4.69) is 5.32 Å². The lowest BCUT2D eigenvalue weighted by molar-refractivity contribution is -0.139. The van der Waals surface area contributed by atoms with Gasteiger partial charge in [-0.25, -0.2) is 8.42 Å². The van der Waals surface area contributed by atoms with E-state index in [0.717, 1.165) is 9.87 Å². The van der Waals surface area contributed by atoms with Crippen LogP contribution in [0.25, 0.3) is 0 Å². The first-order valence-corrected chi connectivity index (χ1v) is 14.9. The smallest absolute Gasteiger partial charge is 0.264 e. The average molecular weight is 586 g/mol. The lowest BCUT2D eigenvalue weighted by Gasteiger charge is -2.32. The first kappa shape index (κ1) is 31.0. The second kappa shape index (κ2) is 13.7. The molecule has 3 aromatic rings. The van der Waals surface area contributed by atoms with Crippen molar-refractivity contribution in [2.24, 2.45) is 0 Å². The van der Waals surface area contributed by atoms with Crippen molar-refractivity contribution >= 4 is 39.1 Å². The predicted octanol–water partition coefficient (Wildman–Crippen LogP) is 5.18. The van der Waals surface area contributed by atoms with Gasteiger partial charge in [-0.3, -0.25) is 13.9 Å². The number of halogens is 1. The van der Waals surface area contributed by atoms with Gasteiger partial charge in [0, 0.05) is 17.6 Å². The van der Waals surface area contributed by atoms with Gasteiger partial charge in [0.05, 0.1) is 17.2 Å². The summed E-state index contributed by atoms with van der Waals surface area (Å²) in [6.45, 7) is 8.94. The van der Waals surface area contributed by atoms with Crippen molar-refractivity contribution in [3.8, 4) is 5.75 Å². The Kier molecular flexibility index (Phi) is 10.6. The minimum atomic E-state index is -4.17. The molecule has 10 heteroatoms. The van der Waals surface area contributed by atoms with Gasteiger partial charge in [-0.2, -0.15) is 0 Å². The Labute approximate surface area is 241 Å². The van der Waals surface area contributed by atoms with Gasteiger partial charge in [-0.1, -0.05) is 47.5 Å². The molecule has 0 saturated carbocycles. The second-order valence-electron chi connectivity index (χ2n) is 9.70. The fourth-order valence-electron chi connectivity index (χ4n) is 4.04. The molecule has 1 N–H and O–H groups in total. The summed E-state index contributed by atoms with van der Waals surface area (Å²) < 4.78 is 34.4. The number of aryl methyl sites for hydroxylation is 1. The number of carbonyl (C=O) groups excluding carboxylic acids is 2. The Morgan fingerprint density at radius 3 is 2.15 bits per heavy atom. The van der Waals surface area contributed by atoms with Gasteiger partial charge in [-0.05, 0) is 82.6 Å². The summed E-state index contributed by atoms with van der Waals surface area (Å²) in [5.74, 6) is -0.372. The molecule has 2 amide bonds. The topological polar surface area (TPSA) is 96.0 Å². The Bertz CT molecular complexity index is 1410. The van der Waals surface area contributed by atoms with E-state index in [1.165, 1.54) is 17.0 Å². The van der Waals surface area contributed by atoms with Gasteiger partial charge >= 0.3 is 0 Å². The van der Waals surface area contributed by atoms with E-state index in [-0.39, 0.29) is 23.4 Å². The van der Waals surface area contributed by atoms with Crippen LogP contribution < -0.4 is 14.4 Å². The summed E-state index contributed by atoms with van der Waals surface area (Å²) in [6, 6.07) is 18.9. The Balaban J connectivity index is 2.03. The molecule has 0 fully saturated rings. The van der Waals surface area contributed by atoms with Crippen LogP contribution in [0.15, 0.2) is 77.7 Å². The van der Waals surface area contributed by atoms with Gasteiger partial charge in [0.1, 0.15) is 18.3 Å². The number of sulfonamides is 1. The number of hydrogen-bond acceptors (Lipinski definition) is 5. The zero-order valence-corrected chi connectivity index (χ0v) is 25.0. The highest BCUT2D eigenvalue weighted by Crippen LogP contribution is 2.27. The molecule has 0 aromatic heterocycles. The highest BCUT2D eigenvalue weighted by molar-refractivity contribution is 7.92. The van der Waals surface area contributed by atoms with Gasteiger partial charge in [-0.15, -0.1) is 0 Å². The number of hydrogen-bond donors (Lipinski definition) is 1. The third-order valence-electron chi connectivity index (χ3n) is 6.22. The van der Waals surface area contributed by atoms with Crippen LogP contribution >= 0.6 is 11.6 Å². The van der Waals surface area contributed by atoms with Crippen molar-refractivity contribution in [3.63, 3.8) is 0 Å². The first-order chi connectivity index (χ1) is 18.9. The molecule has 0 heterocycles. The molecule has 0 radical (unpaired) electrons.